The number of carbonyl (C=O) groups is 2. The van der Waals surface area contributed by atoms with Crippen molar-refractivity contribution in [1.29, 1.82) is 0 Å². The second-order valence-corrected chi connectivity index (χ2v) is 5.88. The van der Waals surface area contributed by atoms with Gasteiger partial charge in [0.05, 0.1) is 0 Å². The Hall–Kier alpha value is -1.15. The molecule has 0 saturated carbocycles. The zero-order valence-electron chi connectivity index (χ0n) is 9.94. The average Bonchev–Trinajstić information content (AvgIpc) is 2.35. The minimum absolute atomic E-state index is 0.194. The molecular formula is C8H8Br2N4O6S. The standard InChI is InChI=1S/2C4H3BrN2O.H2O4S/c2*5-3-1-6-2-7-4(3)8;1-5(2,3)4/h2*1-3H;(H2,1,2,3,4). The van der Waals surface area contributed by atoms with Crippen molar-refractivity contribution in [2.75, 3.05) is 0 Å². The molecule has 0 bridgehead atoms. The first-order valence-corrected chi connectivity index (χ1v) is 8.01. The summed E-state index contributed by atoms with van der Waals surface area (Å²) >= 11 is 6.08. The number of nitrogens with zero attached hydrogens (tertiary/aromatic N) is 4. The lowest BCUT2D eigenvalue weighted by atomic mass is 10.4. The first-order valence-electron chi connectivity index (χ1n) is 4.78. The number of halogens is 2. The van der Waals surface area contributed by atoms with Gasteiger partial charge in [0.2, 0.25) is 0 Å². The van der Waals surface area contributed by atoms with E-state index in [1.54, 1.807) is 0 Å². The molecule has 0 aromatic heterocycles. The van der Waals surface area contributed by atoms with Crippen molar-refractivity contribution in [2.24, 2.45) is 20.0 Å². The van der Waals surface area contributed by atoms with Gasteiger partial charge in [-0.05, 0) is 0 Å². The molecule has 0 fully saturated rings. The van der Waals surface area contributed by atoms with E-state index >= 15 is 0 Å². The van der Waals surface area contributed by atoms with Crippen LogP contribution < -0.4 is 0 Å². The fourth-order valence-electron chi connectivity index (χ4n) is 0.679. The molecule has 13 heteroatoms. The SMILES string of the molecule is O=C1N=CN=CC1Br.O=C1N=CN=CC1Br.O=S(=O)(O)O. The minimum atomic E-state index is -4.67. The quantitative estimate of drug-likeness (QED) is 0.396. The third kappa shape index (κ3) is 12.3. The van der Waals surface area contributed by atoms with Gasteiger partial charge < -0.3 is 0 Å². The fourth-order valence-corrected chi connectivity index (χ4v) is 1.19. The molecule has 0 aliphatic carbocycles. The van der Waals surface area contributed by atoms with Gasteiger partial charge in [-0.3, -0.25) is 18.7 Å². The van der Waals surface area contributed by atoms with Crippen molar-refractivity contribution in [3.05, 3.63) is 0 Å². The highest BCUT2D eigenvalue weighted by atomic mass is 79.9. The van der Waals surface area contributed by atoms with E-state index in [0.717, 1.165) is 0 Å². The number of alkyl halides is 2. The van der Waals surface area contributed by atoms with Crippen molar-refractivity contribution in [3.63, 3.8) is 0 Å². The highest BCUT2D eigenvalue weighted by Gasteiger charge is 2.12. The van der Waals surface area contributed by atoms with Crippen LogP contribution in [0.3, 0.4) is 0 Å². The Morgan fingerprint density at radius 2 is 1.19 bits per heavy atom. The summed E-state index contributed by atoms with van der Waals surface area (Å²) in [5, 5.41) is 0. The molecular weight excluding hydrogens is 440 g/mol. The van der Waals surface area contributed by atoms with Crippen molar-refractivity contribution >= 4 is 79.2 Å². The van der Waals surface area contributed by atoms with Gasteiger partial charge in [-0.15, -0.1) is 0 Å². The number of carbonyl (C=O) groups excluding carboxylic acids is 2. The number of rotatable bonds is 0. The molecule has 2 atom stereocenters. The molecule has 21 heavy (non-hydrogen) atoms. The van der Waals surface area contributed by atoms with Crippen LogP contribution in [-0.4, -0.2) is 64.1 Å². The van der Waals surface area contributed by atoms with E-state index in [-0.39, 0.29) is 21.5 Å². The summed E-state index contributed by atoms with van der Waals surface area (Å²) in [6.45, 7) is 0. The Morgan fingerprint density at radius 3 is 1.33 bits per heavy atom. The van der Waals surface area contributed by atoms with Crippen LogP contribution in [-0.2, 0) is 20.0 Å². The smallest absolute Gasteiger partial charge is 0.271 e. The molecule has 2 unspecified atom stereocenters. The molecule has 2 N–H and O–H groups in total. The van der Waals surface area contributed by atoms with E-state index in [9.17, 15) is 9.59 Å². The van der Waals surface area contributed by atoms with Crippen LogP contribution in [0.4, 0.5) is 0 Å². The van der Waals surface area contributed by atoms with Crippen LogP contribution in [0.15, 0.2) is 20.0 Å². The third-order valence-corrected chi connectivity index (χ3v) is 2.67. The van der Waals surface area contributed by atoms with Crippen LogP contribution in [0.2, 0.25) is 0 Å². The molecule has 2 aliphatic heterocycles. The van der Waals surface area contributed by atoms with Gasteiger partial charge in [-0.1, -0.05) is 31.9 Å². The summed E-state index contributed by atoms with van der Waals surface area (Å²) < 4.78 is 31.6. The predicted molar refractivity (Wildman–Crippen MR) is 83.6 cm³/mol. The molecule has 2 amide bonds. The number of aliphatic imine (C=N–C) groups is 4. The topological polar surface area (TPSA) is 158 Å². The maximum absolute atomic E-state index is 10.5. The lowest BCUT2D eigenvalue weighted by molar-refractivity contribution is -0.117. The Kier molecular flexibility index (Phi) is 9.19. The minimum Gasteiger partial charge on any atom is -0.271 e. The molecule has 10 nitrogen and oxygen atoms in total. The average molecular weight is 448 g/mol. The van der Waals surface area contributed by atoms with E-state index in [1.165, 1.54) is 25.1 Å². The van der Waals surface area contributed by atoms with Gasteiger partial charge in [0.1, 0.15) is 22.3 Å². The normalized spacial score (nSPS) is 23.0. The summed E-state index contributed by atoms with van der Waals surface area (Å²) in [4.78, 5) is 34.3. The van der Waals surface area contributed by atoms with Gasteiger partial charge in [0.25, 0.3) is 11.8 Å². The predicted octanol–water partition coefficient (Wildman–Crippen LogP) is 0.126. The van der Waals surface area contributed by atoms with Gasteiger partial charge >= 0.3 is 10.4 Å². The van der Waals surface area contributed by atoms with Gasteiger partial charge in [-0.25, -0.2) is 20.0 Å². The second-order valence-electron chi connectivity index (χ2n) is 3.01. The van der Waals surface area contributed by atoms with E-state index in [1.807, 2.05) is 0 Å². The third-order valence-electron chi connectivity index (χ3n) is 1.41. The lowest BCUT2D eigenvalue weighted by Gasteiger charge is -1.97. The molecule has 0 aromatic rings. The number of amides is 2. The van der Waals surface area contributed by atoms with E-state index < -0.39 is 10.4 Å². The zero-order chi connectivity index (χ0) is 16.5. The highest BCUT2D eigenvalue weighted by Crippen LogP contribution is 2.01. The van der Waals surface area contributed by atoms with Crippen LogP contribution >= 0.6 is 31.9 Å². The zero-order valence-corrected chi connectivity index (χ0v) is 13.9. The summed E-state index contributed by atoms with van der Waals surface area (Å²) in [6.07, 6.45) is 5.46. The van der Waals surface area contributed by atoms with Gasteiger partial charge in [0, 0.05) is 12.4 Å². The van der Waals surface area contributed by atoms with Gasteiger partial charge in [0.15, 0.2) is 0 Å². The highest BCUT2D eigenvalue weighted by molar-refractivity contribution is 9.10. The Morgan fingerprint density at radius 1 is 0.905 bits per heavy atom. The van der Waals surface area contributed by atoms with Crippen LogP contribution in [0.25, 0.3) is 0 Å². The van der Waals surface area contributed by atoms with E-state index in [2.05, 4.69) is 51.8 Å². The van der Waals surface area contributed by atoms with Crippen molar-refractivity contribution in [2.45, 2.75) is 9.65 Å². The van der Waals surface area contributed by atoms with Crippen LogP contribution in [0.5, 0.6) is 0 Å². The summed E-state index contributed by atoms with van der Waals surface area (Å²) in [5.41, 5.74) is 0. The summed E-state index contributed by atoms with van der Waals surface area (Å²) in [6, 6.07) is 0. The first-order chi connectivity index (χ1) is 9.61. The Bertz CT molecular complexity index is 554. The van der Waals surface area contributed by atoms with Crippen LogP contribution in [0, 0.1) is 0 Å². The molecule has 0 saturated heterocycles. The van der Waals surface area contributed by atoms with Gasteiger partial charge in [-0.2, -0.15) is 8.42 Å². The van der Waals surface area contributed by atoms with Crippen molar-refractivity contribution in [1.82, 2.24) is 0 Å². The molecule has 2 aliphatic rings. The first kappa shape index (κ1) is 19.8. The molecule has 0 aromatic carbocycles. The molecule has 0 spiro atoms. The molecule has 2 heterocycles. The fraction of sp³-hybridized carbons (Fsp3) is 0.250. The maximum Gasteiger partial charge on any atom is 0.394 e. The monoisotopic (exact) mass is 446 g/mol. The molecule has 116 valence electrons. The Labute approximate surface area is 136 Å². The summed E-state index contributed by atoms with van der Waals surface area (Å²) in [7, 11) is -4.67. The van der Waals surface area contributed by atoms with E-state index in [0.29, 0.717) is 0 Å². The second kappa shape index (κ2) is 9.73. The van der Waals surface area contributed by atoms with E-state index in [4.69, 9.17) is 17.5 Å². The summed E-state index contributed by atoms with van der Waals surface area (Å²) in [5.74, 6) is -0.389. The number of hydrogen-bond donors (Lipinski definition) is 2. The van der Waals surface area contributed by atoms with Crippen molar-refractivity contribution in [3.8, 4) is 0 Å². The number of hydrogen-bond acceptors (Lipinski definition) is 6. The van der Waals surface area contributed by atoms with Crippen LogP contribution in [0.1, 0.15) is 0 Å². The van der Waals surface area contributed by atoms with Crippen molar-refractivity contribution < 1.29 is 27.1 Å². The Balaban J connectivity index is 0.000000296. The molecule has 0 radical (unpaired) electrons. The lowest BCUT2D eigenvalue weighted by Crippen LogP contribution is -2.15. The maximum atomic E-state index is 10.5. The molecule has 2 rings (SSSR count). The largest absolute Gasteiger partial charge is 0.394 e.